The van der Waals surface area contributed by atoms with Crippen LogP contribution in [0, 0.1) is 0 Å². The number of H-pyrrole nitrogens is 1. The fourth-order valence-electron chi connectivity index (χ4n) is 4.26. The summed E-state index contributed by atoms with van der Waals surface area (Å²) in [5.74, 6) is -0.369. The normalized spacial score (nSPS) is 29.1. The number of nitrogens with zero attached hydrogens (tertiary/aromatic N) is 6. The summed E-state index contributed by atoms with van der Waals surface area (Å²) in [6, 6.07) is 0. The minimum atomic E-state index is -4.76. The Bertz CT molecular complexity index is 1490. The monoisotopic (exact) mass is 557 g/mol. The molecule has 0 amide bonds. The van der Waals surface area contributed by atoms with Gasteiger partial charge in [0.2, 0.25) is 11.9 Å². The molecule has 7 atom stereocenters. The lowest BCUT2D eigenvalue weighted by atomic mass is 10.2. The Balaban J connectivity index is 1.22. The lowest BCUT2D eigenvalue weighted by molar-refractivity contribution is -0.0565. The van der Waals surface area contributed by atoms with Gasteiger partial charge in [-0.2, -0.15) is 9.97 Å². The van der Waals surface area contributed by atoms with Crippen LogP contribution >= 0.6 is 7.82 Å². The van der Waals surface area contributed by atoms with Crippen LogP contribution in [-0.2, 0) is 23.1 Å². The Hall–Kier alpha value is -3.29. The SMILES string of the molecule is Nc1ncn([C@H]2C[C@@H](OP(=O)(O)OCC3O[C@@H](n4cnc5c(=O)[nH]c(N)nc54)C[C@H]3O)C(CO)O2)c(=O)n1. The average molecular weight is 557 g/mol. The van der Waals surface area contributed by atoms with Crippen molar-refractivity contribution in [1.82, 2.24) is 34.1 Å². The molecule has 2 saturated heterocycles. The van der Waals surface area contributed by atoms with Gasteiger partial charge in [-0.1, -0.05) is 0 Å². The number of hydrogen-bond acceptors (Lipinski definition) is 15. The molecule has 8 N–H and O–H groups in total. The van der Waals surface area contributed by atoms with Gasteiger partial charge in [0.15, 0.2) is 11.2 Å². The van der Waals surface area contributed by atoms with Gasteiger partial charge in [0.25, 0.3) is 5.56 Å². The molecule has 3 aromatic rings. The Kier molecular flexibility index (Phi) is 7.01. The zero-order chi connectivity index (χ0) is 27.2. The Morgan fingerprint density at radius 2 is 1.82 bits per heavy atom. The molecular weight excluding hydrogens is 533 g/mol. The molecule has 19 nitrogen and oxygen atoms in total. The number of rotatable bonds is 8. The van der Waals surface area contributed by atoms with E-state index in [1.165, 1.54) is 10.9 Å². The van der Waals surface area contributed by atoms with Gasteiger partial charge in [-0.3, -0.25) is 28.0 Å². The van der Waals surface area contributed by atoms with Crippen molar-refractivity contribution in [2.24, 2.45) is 0 Å². The molecule has 0 spiro atoms. The molecule has 3 aromatic heterocycles. The van der Waals surface area contributed by atoms with Gasteiger partial charge in [0.1, 0.15) is 37.1 Å². The van der Waals surface area contributed by atoms with Crippen LogP contribution in [0.5, 0.6) is 0 Å². The van der Waals surface area contributed by atoms with E-state index in [2.05, 4.69) is 24.9 Å². The number of nitrogen functional groups attached to an aromatic ring is 2. The molecule has 20 heteroatoms. The third kappa shape index (κ3) is 5.18. The Morgan fingerprint density at radius 1 is 1.11 bits per heavy atom. The first-order valence-electron chi connectivity index (χ1n) is 11.2. The van der Waals surface area contributed by atoms with E-state index in [4.69, 9.17) is 30.0 Å². The Morgan fingerprint density at radius 3 is 2.55 bits per heavy atom. The van der Waals surface area contributed by atoms with Crippen molar-refractivity contribution in [2.45, 2.75) is 49.7 Å². The molecule has 5 rings (SSSR count). The summed E-state index contributed by atoms with van der Waals surface area (Å²) in [5.41, 5.74) is 9.82. The van der Waals surface area contributed by atoms with Gasteiger partial charge in [0.05, 0.1) is 25.6 Å². The van der Waals surface area contributed by atoms with Gasteiger partial charge >= 0.3 is 13.5 Å². The number of aromatic amines is 1. The second-order valence-corrected chi connectivity index (χ2v) is 9.97. The van der Waals surface area contributed by atoms with Crippen LogP contribution in [0.2, 0.25) is 0 Å². The molecule has 0 aliphatic carbocycles. The van der Waals surface area contributed by atoms with Crippen LogP contribution in [-0.4, -0.2) is 86.8 Å². The van der Waals surface area contributed by atoms with Crippen molar-refractivity contribution >= 4 is 30.9 Å². The maximum Gasteiger partial charge on any atom is 0.472 e. The van der Waals surface area contributed by atoms with Crippen molar-refractivity contribution in [3.05, 3.63) is 33.5 Å². The van der Waals surface area contributed by atoms with Crippen molar-refractivity contribution in [2.75, 3.05) is 24.7 Å². The smallest absolute Gasteiger partial charge is 0.394 e. The second-order valence-electron chi connectivity index (χ2n) is 8.57. The van der Waals surface area contributed by atoms with E-state index in [1.54, 1.807) is 0 Å². The molecule has 2 aliphatic rings. The molecule has 38 heavy (non-hydrogen) atoms. The number of ether oxygens (including phenoxy) is 2. The van der Waals surface area contributed by atoms with Crippen LogP contribution in [0.25, 0.3) is 11.2 Å². The summed E-state index contributed by atoms with van der Waals surface area (Å²) in [6.45, 7) is -1.13. The number of anilines is 2. The molecule has 5 heterocycles. The summed E-state index contributed by atoms with van der Waals surface area (Å²) < 4.78 is 36.6. The third-order valence-electron chi connectivity index (χ3n) is 6.05. The maximum absolute atomic E-state index is 12.7. The second kappa shape index (κ2) is 10.1. The number of phosphoric ester groups is 1. The molecule has 0 radical (unpaired) electrons. The molecule has 0 aromatic carbocycles. The highest BCUT2D eigenvalue weighted by molar-refractivity contribution is 7.47. The standard InChI is InChI=1S/C18H24N9O10P/c19-16-22-6-27(18(31)25-16)12-2-8(9(3-28)35-12)37-38(32,33)34-4-10-7(29)1-11(36-10)26-5-21-13-14(26)23-17(20)24-15(13)30/h5-12,28-29H,1-4H2,(H,32,33)(H2,19,25,31)(H3,20,23,24,30)/t7-,8-,9?,10?,11-,12-/m1/s1. The zero-order valence-electron chi connectivity index (χ0n) is 19.4. The Labute approximate surface area is 211 Å². The van der Waals surface area contributed by atoms with Gasteiger partial charge in [-0.15, -0.1) is 0 Å². The number of nitrogens with one attached hydrogen (secondary N) is 1. The predicted molar refractivity (Wildman–Crippen MR) is 124 cm³/mol. The van der Waals surface area contributed by atoms with Crippen molar-refractivity contribution in [3.63, 3.8) is 0 Å². The largest absolute Gasteiger partial charge is 0.472 e. The summed E-state index contributed by atoms with van der Waals surface area (Å²) >= 11 is 0. The number of aliphatic hydroxyl groups is 2. The number of aliphatic hydroxyl groups excluding tert-OH is 2. The predicted octanol–water partition coefficient (Wildman–Crippen LogP) is -2.63. The summed E-state index contributed by atoms with van der Waals surface area (Å²) in [7, 11) is -4.76. The summed E-state index contributed by atoms with van der Waals surface area (Å²) in [5, 5.41) is 20.1. The molecular formula is C18H24N9O10P. The number of nitrogens with two attached hydrogens (primary N) is 2. The van der Waals surface area contributed by atoms with Crippen LogP contribution in [0.15, 0.2) is 22.2 Å². The van der Waals surface area contributed by atoms with Crippen LogP contribution in [0.1, 0.15) is 25.3 Å². The first kappa shape index (κ1) is 26.3. The van der Waals surface area contributed by atoms with Crippen LogP contribution in [0.4, 0.5) is 11.9 Å². The molecule has 2 aliphatic heterocycles. The molecule has 206 valence electrons. The quantitative estimate of drug-likeness (QED) is 0.154. The van der Waals surface area contributed by atoms with Crippen molar-refractivity contribution in [3.8, 4) is 0 Å². The fraction of sp³-hybridized carbons (Fsp3) is 0.556. The number of hydrogen-bond donors (Lipinski definition) is 6. The van der Waals surface area contributed by atoms with E-state index in [9.17, 15) is 29.3 Å². The van der Waals surface area contributed by atoms with E-state index in [0.717, 1.165) is 10.9 Å². The minimum Gasteiger partial charge on any atom is -0.394 e. The molecule has 0 bridgehead atoms. The van der Waals surface area contributed by atoms with Crippen LogP contribution in [0.3, 0.4) is 0 Å². The van der Waals surface area contributed by atoms with Gasteiger partial charge in [-0.25, -0.2) is 19.3 Å². The molecule has 3 unspecified atom stereocenters. The van der Waals surface area contributed by atoms with E-state index < -0.39 is 69.2 Å². The zero-order valence-corrected chi connectivity index (χ0v) is 20.3. The molecule has 2 fully saturated rings. The van der Waals surface area contributed by atoms with E-state index in [1.807, 2.05) is 0 Å². The molecule has 0 saturated carbocycles. The van der Waals surface area contributed by atoms with Gasteiger partial charge < -0.3 is 36.0 Å². The topological polar surface area (TPSA) is 278 Å². The van der Waals surface area contributed by atoms with Gasteiger partial charge in [0, 0.05) is 12.8 Å². The fourth-order valence-corrected chi connectivity index (χ4v) is 5.22. The lowest BCUT2D eigenvalue weighted by Crippen LogP contribution is -2.29. The minimum absolute atomic E-state index is 0.0218. The van der Waals surface area contributed by atoms with Crippen molar-refractivity contribution < 1.29 is 38.2 Å². The third-order valence-corrected chi connectivity index (χ3v) is 7.06. The van der Waals surface area contributed by atoms with E-state index in [0.29, 0.717) is 0 Å². The summed E-state index contributed by atoms with van der Waals surface area (Å²) in [4.78, 5) is 51.9. The lowest BCUT2D eigenvalue weighted by Gasteiger charge is -2.21. The summed E-state index contributed by atoms with van der Waals surface area (Å²) in [6.07, 6.45) is -3.86. The number of phosphoric acid groups is 1. The van der Waals surface area contributed by atoms with Gasteiger partial charge in [-0.05, 0) is 0 Å². The van der Waals surface area contributed by atoms with E-state index in [-0.39, 0.29) is 35.9 Å². The highest BCUT2D eigenvalue weighted by Gasteiger charge is 2.43. The van der Waals surface area contributed by atoms with E-state index >= 15 is 0 Å². The van der Waals surface area contributed by atoms with Crippen LogP contribution < -0.4 is 22.7 Å². The maximum atomic E-state index is 12.7. The van der Waals surface area contributed by atoms with Crippen molar-refractivity contribution in [1.29, 1.82) is 0 Å². The highest BCUT2D eigenvalue weighted by atomic mass is 31.2. The first-order chi connectivity index (χ1) is 18.0. The first-order valence-corrected chi connectivity index (χ1v) is 12.7. The highest BCUT2D eigenvalue weighted by Crippen LogP contribution is 2.49. The number of fused-ring (bicyclic) bond motifs is 1. The average Bonchev–Trinajstić information content (AvgIpc) is 3.54. The number of imidazole rings is 1. The number of aromatic nitrogens is 7.